The van der Waals surface area contributed by atoms with Crippen LogP contribution in [0.2, 0.25) is 0 Å². The number of hydrogen-bond acceptors (Lipinski definition) is 4. The summed E-state index contributed by atoms with van der Waals surface area (Å²) in [5.74, 6) is 0.703. The normalized spacial score (nSPS) is 11.7. The molecular weight excluding hydrogens is 240 g/mol. The molecule has 4 nitrogen and oxygen atoms in total. The molecule has 0 aliphatic heterocycles. The fraction of sp³-hybridized carbons (Fsp3) is 1.00. The van der Waals surface area contributed by atoms with Crippen molar-refractivity contribution in [1.29, 1.82) is 0 Å². The van der Waals surface area contributed by atoms with Gasteiger partial charge in [0.2, 0.25) is 0 Å². The van der Waals surface area contributed by atoms with Gasteiger partial charge in [0.1, 0.15) is 0 Å². The molecule has 0 radical (unpaired) electrons. The van der Waals surface area contributed by atoms with Gasteiger partial charge < -0.3 is 14.8 Å². The van der Waals surface area contributed by atoms with Crippen molar-refractivity contribution in [1.82, 2.24) is 10.2 Å². The van der Waals surface area contributed by atoms with Crippen LogP contribution in [0.15, 0.2) is 0 Å². The lowest BCUT2D eigenvalue weighted by Gasteiger charge is -2.24. The number of unbranched alkanes of at least 4 members (excludes halogenated alkanes) is 1. The molecule has 0 amide bonds. The zero-order valence-electron chi connectivity index (χ0n) is 13.4. The summed E-state index contributed by atoms with van der Waals surface area (Å²) in [6, 6.07) is 0. The number of rotatable bonds is 14. The topological polar surface area (TPSA) is 33.7 Å². The second-order valence-corrected chi connectivity index (χ2v) is 5.40. The van der Waals surface area contributed by atoms with E-state index in [1.54, 1.807) is 7.11 Å². The molecule has 116 valence electrons. The lowest BCUT2D eigenvalue weighted by molar-refractivity contribution is 0.127. The van der Waals surface area contributed by atoms with Crippen LogP contribution in [-0.2, 0) is 9.47 Å². The Kier molecular flexibility index (Phi) is 14.1. The molecule has 0 fully saturated rings. The van der Waals surface area contributed by atoms with Gasteiger partial charge in [0, 0.05) is 46.4 Å². The summed E-state index contributed by atoms with van der Waals surface area (Å²) in [5.41, 5.74) is 0. The predicted molar refractivity (Wildman–Crippen MR) is 81.8 cm³/mol. The second-order valence-electron chi connectivity index (χ2n) is 5.40. The molecule has 0 rings (SSSR count). The summed E-state index contributed by atoms with van der Waals surface area (Å²) >= 11 is 0. The van der Waals surface area contributed by atoms with Crippen LogP contribution in [0, 0.1) is 5.92 Å². The third kappa shape index (κ3) is 14.1. The van der Waals surface area contributed by atoms with E-state index < -0.39 is 0 Å². The van der Waals surface area contributed by atoms with Crippen molar-refractivity contribution in [3.05, 3.63) is 0 Å². The molecule has 0 aliphatic carbocycles. The van der Waals surface area contributed by atoms with Gasteiger partial charge in [-0.1, -0.05) is 27.2 Å². The molecule has 0 saturated heterocycles. The summed E-state index contributed by atoms with van der Waals surface area (Å²) in [6.07, 6.45) is 2.37. The third-order valence-corrected chi connectivity index (χ3v) is 2.91. The van der Waals surface area contributed by atoms with E-state index in [2.05, 4.69) is 31.0 Å². The Bertz CT molecular complexity index is 178. The molecule has 0 spiro atoms. The Morgan fingerprint density at radius 1 is 1.05 bits per heavy atom. The van der Waals surface area contributed by atoms with Gasteiger partial charge in [-0.25, -0.2) is 0 Å². The molecule has 0 saturated carbocycles. The lowest BCUT2D eigenvalue weighted by Crippen LogP contribution is -2.37. The van der Waals surface area contributed by atoms with E-state index in [9.17, 15) is 0 Å². The molecular formula is C15H34N2O2. The first-order chi connectivity index (χ1) is 9.20. The zero-order chi connectivity index (χ0) is 14.3. The van der Waals surface area contributed by atoms with Crippen molar-refractivity contribution in [2.75, 3.05) is 59.7 Å². The quantitative estimate of drug-likeness (QED) is 0.491. The van der Waals surface area contributed by atoms with E-state index >= 15 is 0 Å². The molecule has 0 aromatic heterocycles. The smallest absolute Gasteiger partial charge is 0.0590 e. The third-order valence-electron chi connectivity index (χ3n) is 2.91. The van der Waals surface area contributed by atoms with Crippen molar-refractivity contribution in [3.8, 4) is 0 Å². The zero-order valence-corrected chi connectivity index (χ0v) is 13.4. The van der Waals surface area contributed by atoms with E-state index in [1.165, 1.54) is 12.8 Å². The molecule has 0 aromatic rings. The molecule has 0 atom stereocenters. The van der Waals surface area contributed by atoms with Crippen molar-refractivity contribution in [2.24, 2.45) is 5.92 Å². The van der Waals surface area contributed by atoms with Crippen LogP contribution in [0.3, 0.4) is 0 Å². The van der Waals surface area contributed by atoms with Crippen LogP contribution in [0.25, 0.3) is 0 Å². The fourth-order valence-electron chi connectivity index (χ4n) is 1.89. The summed E-state index contributed by atoms with van der Waals surface area (Å²) in [6.45, 7) is 14.4. The molecule has 4 heteroatoms. The lowest BCUT2D eigenvalue weighted by atomic mass is 10.2. The molecule has 0 unspecified atom stereocenters. The van der Waals surface area contributed by atoms with Gasteiger partial charge >= 0.3 is 0 Å². The van der Waals surface area contributed by atoms with Crippen molar-refractivity contribution >= 4 is 0 Å². The van der Waals surface area contributed by atoms with E-state index in [4.69, 9.17) is 9.47 Å². The number of methoxy groups -OCH3 is 1. The number of nitrogens with zero attached hydrogens (tertiary/aromatic N) is 1. The van der Waals surface area contributed by atoms with Gasteiger partial charge in [0.15, 0.2) is 0 Å². The van der Waals surface area contributed by atoms with Gasteiger partial charge in [0.05, 0.1) is 13.2 Å². The maximum atomic E-state index is 5.51. The summed E-state index contributed by atoms with van der Waals surface area (Å²) < 4.78 is 10.7. The van der Waals surface area contributed by atoms with Gasteiger partial charge in [-0.2, -0.15) is 0 Å². The first kappa shape index (κ1) is 18.8. The van der Waals surface area contributed by atoms with Crippen LogP contribution < -0.4 is 5.32 Å². The average Bonchev–Trinajstić information content (AvgIpc) is 2.38. The Labute approximate surface area is 119 Å². The number of ether oxygens (including phenoxy) is 2. The van der Waals surface area contributed by atoms with Crippen LogP contribution >= 0.6 is 0 Å². The maximum Gasteiger partial charge on any atom is 0.0590 e. The predicted octanol–water partition coefficient (Wildman–Crippen LogP) is 2.00. The number of nitrogens with one attached hydrogen (secondary N) is 1. The van der Waals surface area contributed by atoms with Crippen LogP contribution in [-0.4, -0.2) is 64.6 Å². The Balaban J connectivity index is 3.46. The molecule has 1 N–H and O–H groups in total. The van der Waals surface area contributed by atoms with E-state index in [0.29, 0.717) is 5.92 Å². The number of hydrogen-bond donors (Lipinski definition) is 1. The van der Waals surface area contributed by atoms with E-state index in [1.807, 2.05) is 0 Å². The summed E-state index contributed by atoms with van der Waals surface area (Å²) in [4.78, 5) is 2.46. The Hall–Kier alpha value is -0.160. The minimum atomic E-state index is 0.703. The molecule has 0 bridgehead atoms. The van der Waals surface area contributed by atoms with Crippen molar-refractivity contribution in [2.45, 2.75) is 33.6 Å². The average molecular weight is 274 g/mol. The second kappa shape index (κ2) is 14.3. The van der Waals surface area contributed by atoms with E-state index in [0.717, 1.165) is 52.5 Å². The Morgan fingerprint density at radius 3 is 2.47 bits per heavy atom. The highest BCUT2D eigenvalue weighted by Crippen LogP contribution is 1.97. The summed E-state index contributed by atoms with van der Waals surface area (Å²) in [5, 5.41) is 3.43. The molecule has 0 aliphatic rings. The molecule has 0 heterocycles. The van der Waals surface area contributed by atoms with E-state index in [-0.39, 0.29) is 0 Å². The van der Waals surface area contributed by atoms with Gasteiger partial charge in [0.25, 0.3) is 0 Å². The van der Waals surface area contributed by atoms with Crippen molar-refractivity contribution in [3.63, 3.8) is 0 Å². The minimum absolute atomic E-state index is 0.703. The van der Waals surface area contributed by atoms with Crippen molar-refractivity contribution < 1.29 is 9.47 Å². The highest BCUT2D eigenvalue weighted by atomic mass is 16.5. The first-order valence-electron chi connectivity index (χ1n) is 7.70. The Morgan fingerprint density at radius 2 is 1.84 bits per heavy atom. The fourth-order valence-corrected chi connectivity index (χ4v) is 1.89. The largest absolute Gasteiger partial charge is 0.383 e. The van der Waals surface area contributed by atoms with Gasteiger partial charge in [-0.15, -0.1) is 0 Å². The minimum Gasteiger partial charge on any atom is -0.383 e. The highest BCUT2D eigenvalue weighted by molar-refractivity contribution is 4.62. The van der Waals surface area contributed by atoms with Crippen LogP contribution in [0.5, 0.6) is 0 Å². The van der Waals surface area contributed by atoms with Crippen LogP contribution in [0.1, 0.15) is 33.6 Å². The standard InChI is InChI=1S/C15H34N2O2/c1-5-6-11-19-12-8-16-7-9-17(10-13-18-4)14-15(2)3/h15-16H,5-14H2,1-4H3. The molecule has 19 heavy (non-hydrogen) atoms. The highest BCUT2D eigenvalue weighted by Gasteiger charge is 2.06. The molecule has 0 aromatic carbocycles. The van der Waals surface area contributed by atoms with Crippen LogP contribution in [0.4, 0.5) is 0 Å². The summed E-state index contributed by atoms with van der Waals surface area (Å²) in [7, 11) is 1.76. The van der Waals surface area contributed by atoms with Gasteiger partial charge in [-0.3, -0.25) is 4.90 Å². The monoisotopic (exact) mass is 274 g/mol. The SMILES string of the molecule is CCCCOCCNCCN(CCOC)CC(C)C. The maximum absolute atomic E-state index is 5.51. The first-order valence-corrected chi connectivity index (χ1v) is 7.70. The van der Waals surface area contributed by atoms with Gasteiger partial charge in [-0.05, 0) is 12.3 Å².